The predicted octanol–water partition coefficient (Wildman–Crippen LogP) is 2.29. The molecule has 1 aromatic rings. The van der Waals surface area contributed by atoms with E-state index < -0.39 is 0 Å². The molecular formula is C10H12N2. The van der Waals surface area contributed by atoms with E-state index >= 15 is 0 Å². The lowest BCUT2D eigenvalue weighted by Crippen LogP contribution is -1.92. The lowest BCUT2D eigenvalue weighted by molar-refractivity contribution is 0.957. The number of hydrogen-bond donors (Lipinski definition) is 0. The van der Waals surface area contributed by atoms with Crippen LogP contribution < -0.4 is 0 Å². The molecule has 1 heterocycles. The van der Waals surface area contributed by atoms with E-state index in [4.69, 9.17) is 0 Å². The molecular weight excluding hydrogens is 148 g/mol. The van der Waals surface area contributed by atoms with Crippen molar-refractivity contribution in [1.29, 1.82) is 0 Å². The molecule has 2 nitrogen and oxygen atoms in total. The standard InChI is InChI=1S/C10H12N2/c1-4-5-6-10-7-11-12-9(3)8(10)2/h4-7H,1H2,2-3H3/b6-5-. The van der Waals surface area contributed by atoms with E-state index in [-0.39, 0.29) is 0 Å². The van der Waals surface area contributed by atoms with Gasteiger partial charge in [0.15, 0.2) is 0 Å². The molecule has 0 spiro atoms. The summed E-state index contributed by atoms with van der Waals surface area (Å²) in [5, 5.41) is 7.80. The van der Waals surface area contributed by atoms with Crippen LogP contribution in [0.3, 0.4) is 0 Å². The van der Waals surface area contributed by atoms with E-state index in [2.05, 4.69) is 16.8 Å². The fourth-order valence-corrected chi connectivity index (χ4v) is 0.898. The molecule has 1 rings (SSSR count). The van der Waals surface area contributed by atoms with Crippen molar-refractivity contribution in [2.24, 2.45) is 0 Å². The Morgan fingerprint density at radius 1 is 1.42 bits per heavy atom. The second-order valence-corrected chi connectivity index (χ2v) is 2.61. The Kier molecular flexibility index (Phi) is 2.75. The Bertz CT molecular complexity index is 314. The van der Waals surface area contributed by atoms with Gasteiger partial charge in [0.25, 0.3) is 0 Å². The second kappa shape index (κ2) is 3.81. The van der Waals surface area contributed by atoms with Gasteiger partial charge in [-0.1, -0.05) is 24.8 Å². The molecule has 0 N–H and O–H groups in total. The van der Waals surface area contributed by atoms with Gasteiger partial charge >= 0.3 is 0 Å². The van der Waals surface area contributed by atoms with Gasteiger partial charge in [0.1, 0.15) is 0 Å². The number of allylic oxidation sites excluding steroid dienone is 2. The molecule has 0 aliphatic carbocycles. The first-order valence-corrected chi connectivity index (χ1v) is 3.83. The van der Waals surface area contributed by atoms with E-state index in [0.29, 0.717) is 0 Å². The van der Waals surface area contributed by atoms with Crippen LogP contribution in [0.1, 0.15) is 16.8 Å². The highest BCUT2D eigenvalue weighted by atomic mass is 15.1. The summed E-state index contributed by atoms with van der Waals surface area (Å²) in [4.78, 5) is 0. The third-order valence-electron chi connectivity index (χ3n) is 1.79. The van der Waals surface area contributed by atoms with Crippen LogP contribution in [0.15, 0.2) is 24.9 Å². The lowest BCUT2D eigenvalue weighted by atomic mass is 10.1. The van der Waals surface area contributed by atoms with Gasteiger partial charge in [-0.05, 0) is 25.0 Å². The fraction of sp³-hybridized carbons (Fsp3) is 0.200. The summed E-state index contributed by atoms with van der Waals surface area (Å²) < 4.78 is 0. The summed E-state index contributed by atoms with van der Waals surface area (Å²) in [7, 11) is 0. The third kappa shape index (κ3) is 1.78. The zero-order chi connectivity index (χ0) is 8.97. The normalized spacial score (nSPS) is 10.5. The molecule has 0 aliphatic rings. The van der Waals surface area contributed by atoms with Gasteiger partial charge in [-0.15, -0.1) is 0 Å². The fourth-order valence-electron chi connectivity index (χ4n) is 0.898. The largest absolute Gasteiger partial charge is 0.158 e. The van der Waals surface area contributed by atoms with Gasteiger partial charge in [0.2, 0.25) is 0 Å². The molecule has 0 saturated heterocycles. The van der Waals surface area contributed by atoms with Crippen molar-refractivity contribution in [3.05, 3.63) is 41.7 Å². The molecule has 0 aliphatic heterocycles. The minimum absolute atomic E-state index is 0.973. The average molecular weight is 160 g/mol. The molecule has 12 heavy (non-hydrogen) atoms. The van der Waals surface area contributed by atoms with Crippen LogP contribution in [0.25, 0.3) is 6.08 Å². The van der Waals surface area contributed by atoms with Gasteiger partial charge in [0, 0.05) is 0 Å². The van der Waals surface area contributed by atoms with E-state index in [1.165, 1.54) is 5.56 Å². The molecule has 62 valence electrons. The number of aromatic nitrogens is 2. The number of nitrogens with zero attached hydrogens (tertiary/aromatic N) is 2. The van der Waals surface area contributed by atoms with Gasteiger partial charge < -0.3 is 0 Å². The van der Waals surface area contributed by atoms with Crippen molar-refractivity contribution >= 4 is 6.08 Å². The highest BCUT2D eigenvalue weighted by Gasteiger charge is 1.97. The minimum atomic E-state index is 0.973. The Hall–Kier alpha value is -1.44. The summed E-state index contributed by atoms with van der Waals surface area (Å²) in [6, 6.07) is 0. The maximum atomic E-state index is 3.94. The molecule has 1 aromatic heterocycles. The highest BCUT2D eigenvalue weighted by molar-refractivity contribution is 5.54. The second-order valence-electron chi connectivity index (χ2n) is 2.61. The summed E-state index contributed by atoms with van der Waals surface area (Å²) in [6.45, 7) is 7.59. The van der Waals surface area contributed by atoms with Crippen molar-refractivity contribution in [2.45, 2.75) is 13.8 Å². The van der Waals surface area contributed by atoms with Crippen LogP contribution in [0.5, 0.6) is 0 Å². The molecule has 0 bridgehead atoms. The Morgan fingerprint density at radius 3 is 2.83 bits per heavy atom. The zero-order valence-electron chi connectivity index (χ0n) is 7.41. The van der Waals surface area contributed by atoms with Gasteiger partial charge in [-0.3, -0.25) is 0 Å². The first-order valence-electron chi connectivity index (χ1n) is 3.83. The van der Waals surface area contributed by atoms with E-state index in [1.54, 1.807) is 12.3 Å². The molecule has 0 fully saturated rings. The SMILES string of the molecule is C=C/C=C\c1cnnc(C)c1C. The van der Waals surface area contributed by atoms with E-state index in [0.717, 1.165) is 11.3 Å². The molecule has 0 atom stereocenters. The molecule has 0 radical (unpaired) electrons. The summed E-state index contributed by atoms with van der Waals surface area (Å²) in [6.07, 6.45) is 7.37. The van der Waals surface area contributed by atoms with Crippen LogP contribution >= 0.6 is 0 Å². The first-order chi connectivity index (χ1) is 5.75. The Labute approximate surface area is 72.6 Å². The van der Waals surface area contributed by atoms with Crippen LogP contribution in [-0.4, -0.2) is 10.2 Å². The number of rotatable bonds is 2. The van der Waals surface area contributed by atoms with E-state index in [9.17, 15) is 0 Å². The molecule has 2 heteroatoms. The predicted molar refractivity (Wildman–Crippen MR) is 50.7 cm³/mol. The maximum absolute atomic E-state index is 3.94. The van der Waals surface area contributed by atoms with Crippen molar-refractivity contribution in [2.75, 3.05) is 0 Å². The molecule has 0 aromatic carbocycles. The van der Waals surface area contributed by atoms with Crippen LogP contribution in [0.2, 0.25) is 0 Å². The smallest absolute Gasteiger partial charge is 0.0635 e. The van der Waals surface area contributed by atoms with Gasteiger partial charge in [-0.25, -0.2) is 0 Å². The monoisotopic (exact) mass is 160 g/mol. The van der Waals surface area contributed by atoms with Gasteiger partial charge in [0.05, 0.1) is 11.9 Å². The summed E-state index contributed by atoms with van der Waals surface area (Å²) in [5.41, 5.74) is 3.24. The zero-order valence-corrected chi connectivity index (χ0v) is 7.41. The quantitative estimate of drug-likeness (QED) is 0.620. The summed E-state index contributed by atoms with van der Waals surface area (Å²) >= 11 is 0. The van der Waals surface area contributed by atoms with Gasteiger partial charge in [-0.2, -0.15) is 10.2 Å². The lowest BCUT2D eigenvalue weighted by Gasteiger charge is -2.00. The molecule has 0 saturated carbocycles. The molecule has 0 unspecified atom stereocenters. The van der Waals surface area contributed by atoms with Crippen LogP contribution in [-0.2, 0) is 0 Å². The highest BCUT2D eigenvalue weighted by Crippen LogP contribution is 2.09. The van der Waals surface area contributed by atoms with Crippen LogP contribution in [0.4, 0.5) is 0 Å². The number of aryl methyl sites for hydroxylation is 1. The van der Waals surface area contributed by atoms with Crippen molar-refractivity contribution in [3.8, 4) is 0 Å². The minimum Gasteiger partial charge on any atom is -0.158 e. The first kappa shape index (κ1) is 8.65. The Morgan fingerprint density at radius 2 is 2.17 bits per heavy atom. The van der Waals surface area contributed by atoms with Crippen molar-refractivity contribution in [1.82, 2.24) is 10.2 Å². The Balaban J connectivity index is 3.07. The maximum Gasteiger partial charge on any atom is 0.0635 e. The van der Waals surface area contributed by atoms with E-state index in [1.807, 2.05) is 26.0 Å². The third-order valence-corrected chi connectivity index (χ3v) is 1.79. The average Bonchev–Trinajstić information content (AvgIpc) is 2.08. The van der Waals surface area contributed by atoms with Crippen molar-refractivity contribution < 1.29 is 0 Å². The van der Waals surface area contributed by atoms with Crippen molar-refractivity contribution in [3.63, 3.8) is 0 Å². The summed E-state index contributed by atoms with van der Waals surface area (Å²) in [5.74, 6) is 0. The number of hydrogen-bond acceptors (Lipinski definition) is 2. The van der Waals surface area contributed by atoms with Crippen LogP contribution in [0, 0.1) is 13.8 Å². The molecule has 0 amide bonds. The topological polar surface area (TPSA) is 25.8 Å².